The van der Waals surface area contributed by atoms with Gasteiger partial charge in [-0.1, -0.05) is 19.9 Å². The van der Waals surface area contributed by atoms with Crippen LogP contribution in [0.3, 0.4) is 0 Å². The van der Waals surface area contributed by atoms with Crippen LogP contribution in [0.25, 0.3) is 0 Å². The molecule has 2 fully saturated rings. The molecule has 5 N–H and O–H groups in total. The van der Waals surface area contributed by atoms with E-state index in [1.165, 1.54) is 12.8 Å². The van der Waals surface area contributed by atoms with Gasteiger partial charge >= 0.3 is 0 Å². The Morgan fingerprint density at radius 1 is 1.47 bits per heavy atom. The predicted octanol–water partition coefficient (Wildman–Crippen LogP) is 1.24. The topological polar surface area (TPSA) is 79.7 Å². The van der Waals surface area contributed by atoms with E-state index in [0.29, 0.717) is 12.2 Å². The van der Waals surface area contributed by atoms with Gasteiger partial charge in [-0.2, -0.15) is 0 Å². The van der Waals surface area contributed by atoms with Crippen molar-refractivity contribution in [3.05, 3.63) is 24.0 Å². The molecular formula is C14H25N5. The summed E-state index contributed by atoms with van der Waals surface area (Å²) in [5, 5.41) is 3.57. The molecule has 2 rings (SSSR count). The van der Waals surface area contributed by atoms with Crippen molar-refractivity contribution >= 4 is 5.96 Å². The molecule has 2 aliphatic rings. The van der Waals surface area contributed by atoms with Crippen molar-refractivity contribution in [1.82, 2.24) is 10.2 Å². The molecule has 0 spiro atoms. The maximum Gasteiger partial charge on any atom is 0.190 e. The Hall–Kier alpha value is -1.49. The van der Waals surface area contributed by atoms with E-state index in [2.05, 4.69) is 28.7 Å². The number of hydrogen-bond acceptors (Lipinski definition) is 3. The zero-order valence-electron chi connectivity index (χ0n) is 11.7. The molecule has 0 amide bonds. The van der Waals surface area contributed by atoms with E-state index in [4.69, 9.17) is 11.5 Å². The summed E-state index contributed by atoms with van der Waals surface area (Å²) in [5.41, 5.74) is 12.9. The molecule has 0 radical (unpaired) electrons. The second kappa shape index (κ2) is 6.10. The van der Waals surface area contributed by atoms with Crippen LogP contribution < -0.4 is 16.8 Å². The van der Waals surface area contributed by atoms with Gasteiger partial charge in [0, 0.05) is 24.0 Å². The molecule has 2 unspecified atom stereocenters. The van der Waals surface area contributed by atoms with Crippen LogP contribution >= 0.6 is 0 Å². The standard InChI is InChI=1S/C14H25N5/c1-3-4-5-11(18-14(15)16)8-10(2)19-9-12-6-7-13(19)17-12/h8,12-13,17H,2-7,9H2,1H3,(H4,15,16,18)/b11-8-. The highest BCUT2D eigenvalue weighted by atomic mass is 15.4. The fourth-order valence-corrected chi connectivity index (χ4v) is 2.83. The molecule has 2 heterocycles. The first kappa shape index (κ1) is 13.9. The summed E-state index contributed by atoms with van der Waals surface area (Å²) in [7, 11) is 0. The Morgan fingerprint density at radius 2 is 2.26 bits per heavy atom. The molecular weight excluding hydrogens is 238 g/mol. The van der Waals surface area contributed by atoms with Gasteiger partial charge in [0.1, 0.15) is 0 Å². The molecule has 5 heteroatoms. The van der Waals surface area contributed by atoms with Gasteiger partial charge in [-0.15, -0.1) is 0 Å². The molecule has 0 aromatic carbocycles. The molecule has 2 atom stereocenters. The average Bonchev–Trinajstić information content (AvgIpc) is 2.97. The summed E-state index contributed by atoms with van der Waals surface area (Å²) in [6, 6.07) is 0.623. The lowest BCUT2D eigenvalue weighted by Gasteiger charge is -2.28. The Kier molecular flexibility index (Phi) is 4.47. The smallest absolute Gasteiger partial charge is 0.190 e. The fourth-order valence-electron chi connectivity index (χ4n) is 2.83. The normalized spacial score (nSPS) is 25.7. The van der Waals surface area contributed by atoms with Gasteiger partial charge in [0.25, 0.3) is 0 Å². The number of aliphatic imine (C=N–C) groups is 1. The summed E-state index contributed by atoms with van der Waals surface area (Å²) in [4.78, 5) is 6.54. The van der Waals surface area contributed by atoms with Gasteiger partial charge in [-0.3, -0.25) is 5.32 Å². The van der Waals surface area contributed by atoms with Gasteiger partial charge in [0.15, 0.2) is 5.96 Å². The van der Waals surface area contributed by atoms with E-state index in [0.717, 1.165) is 37.2 Å². The number of rotatable bonds is 6. The van der Waals surface area contributed by atoms with E-state index < -0.39 is 0 Å². The Morgan fingerprint density at radius 3 is 2.79 bits per heavy atom. The first-order chi connectivity index (χ1) is 9.10. The first-order valence-corrected chi connectivity index (χ1v) is 7.12. The average molecular weight is 263 g/mol. The highest BCUT2D eigenvalue weighted by molar-refractivity contribution is 5.76. The second-order valence-corrected chi connectivity index (χ2v) is 5.38. The van der Waals surface area contributed by atoms with Crippen LogP contribution in [-0.2, 0) is 0 Å². The van der Waals surface area contributed by atoms with E-state index in [1.807, 2.05) is 6.08 Å². The number of allylic oxidation sites excluding steroid dienone is 2. The minimum absolute atomic E-state index is 0.122. The summed E-state index contributed by atoms with van der Waals surface area (Å²) in [6.45, 7) is 7.37. The molecule has 0 aromatic rings. The van der Waals surface area contributed by atoms with Crippen LogP contribution in [0.2, 0.25) is 0 Å². The van der Waals surface area contributed by atoms with Crippen molar-refractivity contribution in [3.63, 3.8) is 0 Å². The van der Waals surface area contributed by atoms with Crippen LogP contribution in [0.5, 0.6) is 0 Å². The molecule has 106 valence electrons. The molecule has 2 bridgehead atoms. The van der Waals surface area contributed by atoms with Crippen molar-refractivity contribution < 1.29 is 0 Å². The van der Waals surface area contributed by atoms with Crippen LogP contribution in [0, 0.1) is 0 Å². The molecule has 0 aliphatic carbocycles. The Balaban J connectivity index is 2.03. The van der Waals surface area contributed by atoms with Gasteiger partial charge < -0.3 is 16.4 Å². The third-order valence-corrected chi connectivity index (χ3v) is 3.77. The zero-order valence-corrected chi connectivity index (χ0v) is 11.7. The lowest BCUT2D eigenvalue weighted by Crippen LogP contribution is -2.33. The number of nitrogens with one attached hydrogen (secondary N) is 1. The number of unbranched alkanes of at least 4 members (excludes halogenated alkanes) is 1. The highest BCUT2D eigenvalue weighted by Gasteiger charge is 2.37. The van der Waals surface area contributed by atoms with Crippen molar-refractivity contribution in [2.45, 2.75) is 51.2 Å². The molecule has 0 saturated carbocycles. The van der Waals surface area contributed by atoms with Crippen molar-refractivity contribution in [2.75, 3.05) is 6.54 Å². The number of nitrogens with two attached hydrogens (primary N) is 2. The first-order valence-electron chi connectivity index (χ1n) is 7.12. The number of fused-ring (bicyclic) bond motifs is 2. The summed E-state index contributed by atoms with van der Waals surface area (Å²) in [5.74, 6) is 0.122. The molecule has 0 aromatic heterocycles. The monoisotopic (exact) mass is 263 g/mol. The molecule has 2 saturated heterocycles. The molecule has 5 nitrogen and oxygen atoms in total. The summed E-state index contributed by atoms with van der Waals surface area (Å²) < 4.78 is 0. The predicted molar refractivity (Wildman–Crippen MR) is 79.2 cm³/mol. The highest BCUT2D eigenvalue weighted by Crippen LogP contribution is 2.28. The van der Waals surface area contributed by atoms with E-state index in [-0.39, 0.29) is 5.96 Å². The maximum atomic E-state index is 5.49. The van der Waals surface area contributed by atoms with Crippen molar-refractivity contribution in [2.24, 2.45) is 16.5 Å². The van der Waals surface area contributed by atoms with Gasteiger partial charge in [-0.25, -0.2) is 4.99 Å². The van der Waals surface area contributed by atoms with Gasteiger partial charge in [0.05, 0.1) is 6.17 Å². The fraction of sp³-hybridized carbons (Fsp3) is 0.643. The lowest BCUT2D eigenvalue weighted by molar-refractivity contribution is 0.285. The third kappa shape index (κ3) is 3.50. The van der Waals surface area contributed by atoms with E-state index >= 15 is 0 Å². The van der Waals surface area contributed by atoms with Crippen LogP contribution in [-0.4, -0.2) is 29.6 Å². The Labute approximate surface area is 115 Å². The maximum absolute atomic E-state index is 5.49. The number of nitrogens with zero attached hydrogens (tertiary/aromatic N) is 2. The number of guanidine groups is 1. The number of piperidine rings is 1. The van der Waals surface area contributed by atoms with E-state index in [9.17, 15) is 0 Å². The van der Waals surface area contributed by atoms with Gasteiger partial charge in [-0.05, 0) is 31.8 Å². The van der Waals surface area contributed by atoms with Crippen LogP contribution in [0.4, 0.5) is 0 Å². The third-order valence-electron chi connectivity index (χ3n) is 3.77. The minimum Gasteiger partial charge on any atom is -0.370 e. The van der Waals surface area contributed by atoms with Crippen molar-refractivity contribution in [3.8, 4) is 0 Å². The SMILES string of the molecule is C=C(/C=C(/CCCC)N=C(N)N)N1CC2CCC1N2. The summed E-state index contributed by atoms with van der Waals surface area (Å²) >= 11 is 0. The number of likely N-dealkylation sites (tertiary alicyclic amines) is 1. The molecule has 19 heavy (non-hydrogen) atoms. The second-order valence-electron chi connectivity index (χ2n) is 5.38. The summed E-state index contributed by atoms with van der Waals surface area (Å²) in [6.07, 6.45) is 8.04. The van der Waals surface area contributed by atoms with Gasteiger partial charge in [0.2, 0.25) is 0 Å². The van der Waals surface area contributed by atoms with Crippen LogP contribution in [0.1, 0.15) is 39.0 Å². The Bertz CT molecular complexity index is 395. The largest absolute Gasteiger partial charge is 0.370 e. The lowest BCUT2D eigenvalue weighted by atomic mass is 10.1. The quantitative estimate of drug-likeness (QED) is 0.383. The number of hydrogen-bond donors (Lipinski definition) is 3. The van der Waals surface area contributed by atoms with Crippen molar-refractivity contribution in [1.29, 1.82) is 0 Å². The van der Waals surface area contributed by atoms with E-state index in [1.54, 1.807) is 0 Å². The molecule has 2 aliphatic heterocycles. The van der Waals surface area contributed by atoms with Crippen LogP contribution in [0.15, 0.2) is 29.0 Å². The zero-order chi connectivity index (χ0) is 13.8. The minimum atomic E-state index is 0.122.